The smallest absolute Gasteiger partial charge is 0.175 e. The number of thiocarbonyl (C=S) groups is 1. The molecule has 0 unspecified atom stereocenters. The second-order valence-corrected chi connectivity index (χ2v) is 5.08. The van der Waals surface area contributed by atoms with Crippen molar-refractivity contribution in [2.45, 2.75) is 0 Å². The molecule has 20 heavy (non-hydrogen) atoms. The Morgan fingerprint density at radius 2 is 1.65 bits per heavy atom. The molecule has 104 valence electrons. The average Bonchev–Trinajstić information content (AvgIpc) is 2.37. The molecule has 0 fully saturated rings. The van der Waals surface area contributed by atoms with Crippen LogP contribution >= 0.6 is 35.4 Å². The largest absolute Gasteiger partial charge is 0.331 e. The molecule has 0 saturated heterocycles. The van der Waals surface area contributed by atoms with E-state index in [1.54, 1.807) is 12.1 Å². The molecule has 0 aliphatic rings. The van der Waals surface area contributed by atoms with E-state index in [0.717, 1.165) is 18.2 Å². The second kappa shape index (κ2) is 6.35. The summed E-state index contributed by atoms with van der Waals surface area (Å²) < 4.78 is 26.5. The number of halogens is 4. The predicted molar refractivity (Wildman–Crippen MR) is 82.7 cm³/mol. The van der Waals surface area contributed by atoms with Crippen LogP contribution in [-0.4, -0.2) is 5.11 Å². The number of benzene rings is 2. The van der Waals surface area contributed by atoms with E-state index in [4.69, 9.17) is 35.4 Å². The van der Waals surface area contributed by atoms with Crippen molar-refractivity contribution in [1.29, 1.82) is 0 Å². The molecule has 2 aromatic carbocycles. The SMILES string of the molecule is Fc1ccc(F)c(NC(=S)Nc2ccc(Cl)cc2Cl)c1. The Morgan fingerprint density at radius 1 is 0.950 bits per heavy atom. The molecule has 0 radical (unpaired) electrons. The van der Waals surface area contributed by atoms with Gasteiger partial charge in [0.05, 0.1) is 16.4 Å². The van der Waals surface area contributed by atoms with Crippen molar-refractivity contribution >= 4 is 51.9 Å². The van der Waals surface area contributed by atoms with Gasteiger partial charge in [-0.15, -0.1) is 0 Å². The fourth-order valence-electron chi connectivity index (χ4n) is 1.46. The van der Waals surface area contributed by atoms with Crippen LogP contribution in [0.15, 0.2) is 36.4 Å². The van der Waals surface area contributed by atoms with Crippen molar-refractivity contribution in [3.63, 3.8) is 0 Å². The zero-order valence-electron chi connectivity index (χ0n) is 9.88. The van der Waals surface area contributed by atoms with E-state index in [9.17, 15) is 8.78 Å². The Balaban J connectivity index is 2.11. The Kier molecular flexibility index (Phi) is 4.75. The van der Waals surface area contributed by atoms with Crippen molar-refractivity contribution in [3.8, 4) is 0 Å². The molecule has 2 aromatic rings. The van der Waals surface area contributed by atoms with Crippen LogP contribution in [0.1, 0.15) is 0 Å². The molecule has 0 atom stereocenters. The zero-order chi connectivity index (χ0) is 14.7. The number of anilines is 2. The highest BCUT2D eigenvalue weighted by Gasteiger charge is 2.07. The van der Waals surface area contributed by atoms with E-state index >= 15 is 0 Å². The molecule has 7 heteroatoms. The number of nitrogens with one attached hydrogen (secondary N) is 2. The highest BCUT2D eigenvalue weighted by molar-refractivity contribution is 7.80. The maximum Gasteiger partial charge on any atom is 0.175 e. The van der Waals surface area contributed by atoms with Gasteiger partial charge in [0.15, 0.2) is 5.11 Å². The van der Waals surface area contributed by atoms with E-state index < -0.39 is 11.6 Å². The second-order valence-electron chi connectivity index (χ2n) is 3.83. The number of hydrogen-bond acceptors (Lipinski definition) is 1. The maximum atomic E-state index is 13.4. The number of rotatable bonds is 2. The van der Waals surface area contributed by atoms with Crippen LogP contribution in [0.3, 0.4) is 0 Å². The summed E-state index contributed by atoms with van der Waals surface area (Å²) in [5.41, 5.74) is 0.443. The predicted octanol–water partition coefficient (Wildman–Crippen LogP) is 5.08. The van der Waals surface area contributed by atoms with Crippen molar-refractivity contribution in [2.75, 3.05) is 10.6 Å². The standard InChI is InChI=1S/C13H8Cl2F2N2S/c14-7-1-4-11(9(15)5-7)18-13(20)19-12-6-8(16)2-3-10(12)17/h1-6H,(H2,18,19,20). The topological polar surface area (TPSA) is 24.1 Å². The van der Waals surface area contributed by atoms with E-state index in [-0.39, 0.29) is 10.8 Å². The van der Waals surface area contributed by atoms with E-state index in [1.807, 2.05) is 0 Å². The zero-order valence-corrected chi connectivity index (χ0v) is 12.2. The quantitative estimate of drug-likeness (QED) is 0.750. The molecule has 0 aliphatic heterocycles. The minimum Gasteiger partial charge on any atom is -0.331 e. The molecule has 2 rings (SSSR count). The van der Waals surface area contributed by atoms with Crippen LogP contribution in [-0.2, 0) is 0 Å². The Hall–Kier alpha value is -1.43. The minimum absolute atomic E-state index is 0.0624. The monoisotopic (exact) mass is 332 g/mol. The third-order valence-corrected chi connectivity index (χ3v) is 3.11. The van der Waals surface area contributed by atoms with Crippen molar-refractivity contribution < 1.29 is 8.78 Å². The molecule has 2 nitrogen and oxygen atoms in total. The van der Waals surface area contributed by atoms with Gasteiger partial charge >= 0.3 is 0 Å². The molecule has 2 N–H and O–H groups in total. The normalized spacial score (nSPS) is 10.2. The average molecular weight is 333 g/mol. The van der Waals surface area contributed by atoms with Gasteiger partial charge in [-0.25, -0.2) is 8.78 Å². The minimum atomic E-state index is -0.613. The summed E-state index contributed by atoms with van der Waals surface area (Å²) in [6.45, 7) is 0. The highest BCUT2D eigenvalue weighted by Crippen LogP contribution is 2.25. The fraction of sp³-hybridized carbons (Fsp3) is 0. The maximum absolute atomic E-state index is 13.4. The molecule has 0 bridgehead atoms. The van der Waals surface area contributed by atoms with Crippen LogP contribution in [0.2, 0.25) is 10.0 Å². The number of hydrogen-bond donors (Lipinski definition) is 2. The molecular formula is C13H8Cl2F2N2S. The fourth-order valence-corrected chi connectivity index (χ4v) is 2.14. The lowest BCUT2D eigenvalue weighted by atomic mass is 10.3. The summed E-state index contributed by atoms with van der Waals surface area (Å²) in [5.74, 6) is -1.18. The van der Waals surface area contributed by atoms with Crippen LogP contribution in [0.5, 0.6) is 0 Å². The summed E-state index contributed by atoms with van der Waals surface area (Å²) in [4.78, 5) is 0. The first-order valence-electron chi connectivity index (χ1n) is 5.44. The molecule has 0 amide bonds. The summed E-state index contributed by atoms with van der Waals surface area (Å²) in [6, 6.07) is 7.83. The van der Waals surface area contributed by atoms with Gasteiger partial charge in [-0.2, -0.15) is 0 Å². The first kappa shape index (κ1) is 15.0. The van der Waals surface area contributed by atoms with Crippen LogP contribution in [0, 0.1) is 11.6 Å². The van der Waals surface area contributed by atoms with Gasteiger partial charge < -0.3 is 10.6 Å². The van der Waals surface area contributed by atoms with Crippen LogP contribution in [0.4, 0.5) is 20.2 Å². The van der Waals surface area contributed by atoms with E-state index in [1.165, 1.54) is 6.07 Å². The lowest BCUT2D eigenvalue weighted by Gasteiger charge is -2.12. The first-order valence-corrected chi connectivity index (χ1v) is 6.60. The third-order valence-electron chi connectivity index (χ3n) is 2.36. The summed E-state index contributed by atoms with van der Waals surface area (Å²) in [5, 5.41) is 6.25. The Labute approximate surface area is 129 Å². The molecule has 0 spiro atoms. The molecule has 0 saturated carbocycles. The first-order chi connectivity index (χ1) is 9.45. The van der Waals surface area contributed by atoms with Gasteiger partial charge in [0.2, 0.25) is 0 Å². The van der Waals surface area contributed by atoms with Crippen LogP contribution < -0.4 is 10.6 Å². The van der Waals surface area contributed by atoms with E-state index in [2.05, 4.69) is 10.6 Å². The lowest BCUT2D eigenvalue weighted by Crippen LogP contribution is -2.20. The molecule has 0 aromatic heterocycles. The van der Waals surface area contributed by atoms with Crippen LogP contribution in [0.25, 0.3) is 0 Å². The van der Waals surface area contributed by atoms with Gasteiger partial charge in [-0.3, -0.25) is 0 Å². The van der Waals surface area contributed by atoms with Crippen molar-refractivity contribution in [3.05, 3.63) is 58.1 Å². The van der Waals surface area contributed by atoms with Crippen molar-refractivity contribution in [1.82, 2.24) is 0 Å². The summed E-state index contributed by atoms with van der Waals surface area (Å²) in [7, 11) is 0. The molecule has 0 aliphatic carbocycles. The third kappa shape index (κ3) is 3.79. The van der Waals surface area contributed by atoms with Crippen molar-refractivity contribution in [2.24, 2.45) is 0 Å². The van der Waals surface area contributed by atoms with Gasteiger partial charge in [-0.1, -0.05) is 23.2 Å². The van der Waals surface area contributed by atoms with E-state index in [0.29, 0.717) is 15.7 Å². The summed E-state index contributed by atoms with van der Waals surface area (Å²) >= 11 is 16.7. The highest BCUT2D eigenvalue weighted by atomic mass is 35.5. The van der Waals surface area contributed by atoms with Gasteiger partial charge in [-0.05, 0) is 42.5 Å². The van der Waals surface area contributed by atoms with Gasteiger partial charge in [0, 0.05) is 11.1 Å². The van der Waals surface area contributed by atoms with Gasteiger partial charge in [0.25, 0.3) is 0 Å². The summed E-state index contributed by atoms with van der Waals surface area (Å²) in [6.07, 6.45) is 0. The Morgan fingerprint density at radius 3 is 2.35 bits per heavy atom. The van der Waals surface area contributed by atoms with Gasteiger partial charge in [0.1, 0.15) is 11.6 Å². The Bertz CT molecular complexity index is 665. The molecular weight excluding hydrogens is 325 g/mol. The lowest BCUT2D eigenvalue weighted by molar-refractivity contribution is 0.604. The molecule has 0 heterocycles.